The molecule has 1 aromatic heterocycles. The Bertz CT molecular complexity index is 483. The summed E-state index contributed by atoms with van der Waals surface area (Å²) >= 11 is 0. The Kier molecular flexibility index (Phi) is 5.39. The monoisotopic (exact) mass is 292 g/mol. The lowest BCUT2D eigenvalue weighted by Crippen LogP contribution is -2.42. The number of nitrogens with zero attached hydrogens (tertiary/aromatic N) is 3. The van der Waals surface area contributed by atoms with Gasteiger partial charge in [0.15, 0.2) is 0 Å². The SMILES string of the molecule is Cc1cc(C)n(C[C@@H](C)CNC(=O)[C@H]2CCCN(C)C2)n1. The molecule has 21 heavy (non-hydrogen) atoms. The molecule has 1 aromatic rings. The molecule has 2 atom stereocenters. The molecule has 2 rings (SSSR count). The van der Waals surface area contributed by atoms with Gasteiger partial charge in [-0.25, -0.2) is 0 Å². The van der Waals surface area contributed by atoms with Crippen molar-refractivity contribution in [1.82, 2.24) is 20.0 Å². The molecule has 118 valence electrons. The van der Waals surface area contributed by atoms with E-state index >= 15 is 0 Å². The minimum absolute atomic E-state index is 0.157. The second-order valence-corrected chi connectivity index (χ2v) is 6.56. The van der Waals surface area contributed by atoms with Crippen LogP contribution < -0.4 is 5.32 Å². The average molecular weight is 292 g/mol. The van der Waals surface area contributed by atoms with Crippen LogP contribution in [0.3, 0.4) is 0 Å². The number of nitrogens with one attached hydrogen (secondary N) is 1. The normalized spacial score (nSPS) is 21.2. The number of carbonyl (C=O) groups is 1. The second-order valence-electron chi connectivity index (χ2n) is 6.56. The third-order valence-electron chi connectivity index (χ3n) is 4.21. The zero-order valence-corrected chi connectivity index (χ0v) is 13.7. The van der Waals surface area contributed by atoms with Crippen LogP contribution in [0, 0.1) is 25.7 Å². The Labute approximate surface area is 127 Å². The molecule has 1 saturated heterocycles. The zero-order valence-electron chi connectivity index (χ0n) is 13.7. The van der Waals surface area contributed by atoms with E-state index in [1.165, 1.54) is 5.69 Å². The fourth-order valence-corrected chi connectivity index (χ4v) is 3.02. The van der Waals surface area contributed by atoms with Gasteiger partial charge >= 0.3 is 0 Å². The van der Waals surface area contributed by atoms with Gasteiger partial charge in [-0.15, -0.1) is 0 Å². The van der Waals surface area contributed by atoms with Crippen molar-refractivity contribution in [3.05, 3.63) is 17.5 Å². The number of hydrogen-bond donors (Lipinski definition) is 1. The van der Waals surface area contributed by atoms with E-state index < -0.39 is 0 Å². The maximum absolute atomic E-state index is 12.2. The summed E-state index contributed by atoms with van der Waals surface area (Å²) in [6, 6.07) is 2.09. The Morgan fingerprint density at radius 3 is 2.90 bits per heavy atom. The average Bonchev–Trinajstić information content (AvgIpc) is 2.74. The van der Waals surface area contributed by atoms with Crippen molar-refractivity contribution in [2.24, 2.45) is 11.8 Å². The summed E-state index contributed by atoms with van der Waals surface area (Å²) in [6.45, 7) is 9.81. The van der Waals surface area contributed by atoms with E-state index in [2.05, 4.69) is 42.3 Å². The Hall–Kier alpha value is -1.36. The molecule has 1 fully saturated rings. The topological polar surface area (TPSA) is 50.2 Å². The van der Waals surface area contributed by atoms with Crippen LogP contribution in [-0.2, 0) is 11.3 Å². The van der Waals surface area contributed by atoms with Gasteiger partial charge in [-0.2, -0.15) is 5.10 Å². The smallest absolute Gasteiger partial charge is 0.224 e. The highest BCUT2D eigenvalue weighted by Crippen LogP contribution is 2.15. The first kappa shape index (κ1) is 16.0. The summed E-state index contributed by atoms with van der Waals surface area (Å²) in [7, 11) is 2.09. The van der Waals surface area contributed by atoms with Crippen molar-refractivity contribution < 1.29 is 4.79 Å². The highest BCUT2D eigenvalue weighted by atomic mass is 16.1. The van der Waals surface area contributed by atoms with Crippen molar-refractivity contribution in [2.45, 2.75) is 40.2 Å². The van der Waals surface area contributed by atoms with Gasteiger partial charge < -0.3 is 10.2 Å². The second kappa shape index (κ2) is 7.07. The molecule has 0 aliphatic carbocycles. The molecule has 0 bridgehead atoms. The first-order valence-electron chi connectivity index (χ1n) is 7.93. The molecule has 1 aliphatic rings. The van der Waals surface area contributed by atoms with Crippen molar-refractivity contribution in [3.8, 4) is 0 Å². The molecule has 0 unspecified atom stereocenters. The molecule has 0 radical (unpaired) electrons. The number of amides is 1. The summed E-state index contributed by atoms with van der Waals surface area (Å²) in [5, 5.41) is 7.59. The number of carbonyl (C=O) groups excluding carboxylic acids is 1. The van der Waals surface area contributed by atoms with E-state index in [0.29, 0.717) is 5.92 Å². The summed E-state index contributed by atoms with van der Waals surface area (Å²) in [5.74, 6) is 0.750. The van der Waals surface area contributed by atoms with Crippen LogP contribution in [-0.4, -0.2) is 47.3 Å². The highest BCUT2D eigenvalue weighted by molar-refractivity contribution is 5.78. The van der Waals surface area contributed by atoms with Gasteiger partial charge in [0.1, 0.15) is 0 Å². The minimum atomic E-state index is 0.157. The van der Waals surface area contributed by atoms with Gasteiger partial charge in [-0.3, -0.25) is 9.48 Å². The third-order valence-corrected chi connectivity index (χ3v) is 4.21. The fourth-order valence-electron chi connectivity index (χ4n) is 3.02. The molecule has 1 N–H and O–H groups in total. The van der Waals surface area contributed by atoms with Crippen LogP contribution in [0.25, 0.3) is 0 Å². The number of rotatable bonds is 5. The van der Waals surface area contributed by atoms with E-state index in [4.69, 9.17) is 0 Å². The van der Waals surface area contributed by atoms with E-state index in [9.17, 15) is 4.79 Å². The van der Waals surface area contributed by atoms with E-state index in [1.54, 1.807) is 0 Å². The standard InChI is InChI=1S/C16H28N4O/c1-12(10-20-14(3)8-13(2)18-20)9-17-16(21)15-6-5-7-19(4)11-15/h8,12,15H,5-7,9-11H2,1-4H3,(H,17,21)/t12-,15-/m0/s1. The number of piperidine rings is 1. The molecule has 0 spiro atoms. The predicted octanol–water partition coefficient (Wildman–Crippen LogP) is 1.59. The summed E-state index contributed by atoms with van der Waals surface area (Å²) in [6.07, 6.45) is 2.14. The van der Waals surface area contributed by atoms with Crippen LogP contribution in [0.2, 0.25) is 0 Å². The van der Waals surface area contributed by atoms with Gasteiger partial charge in [-0.05, 0) is 52.3 Å². The molecule has 5 heteroatoms. The third kappa shape index (κ3) is 4.56. The van der Waals surface area contributed by atoms with Crippen LogP contribution in [0.5, 0.6) is 0 Å². The van der Waals surface area contributed by atoms with Gasteiger partial charge in [0.25, 0.3) is 0 Å². The van der Waals surface area contributed by atoms with E-state index in [0.717, 1.165) is 44.7 Å². The lowest BCUT2D eigenvalue weighted by atomic mass is 9.97. The van der Waals surface area contributed by atoms with Gasteiger partial charge in [-0.1, -0.05) is 6.92 Å². The van der Waals surface area contributed by atoms with Crippen molar-refractivity contribution in [1.29, 1.82) is 0 Å². The predicted molar refractivity (Wildman–Crippen MR) is 84.1 cm³/mol. The summed E-state index contributed by atoms with van der Waals surface area (Å²) < 4.78 is 2.03. The Morgan fingerprint density at radius 2 is 2.29 bits per heavy atom. The highest BCUT2D eigenvalue weighted by Gasteiger charge is 2.23. The molecular formula is C16H28N4O. The molecule has 0 saturated carbocycles. The number of aromatic nitrogens is 2. The van der Waals surface area contributed by atoms with E-state index in [1.807, 2.05) is 11.6 Å². The lowest BCUT2D eigenvalue weighted by Gasteiger charge is -2.29. The molecule has 2 heterocycles. The van der Waals surface area contributed by atoms with E-state index in [-0.39, 0.29) is 11.8 Å². The molecular weight excluding hydrogens is 264 g/mol. The van der Waals surface area contributed by atoms with Gasteiger partial charge in [0, 0.05) is 25.3 Å². The van der Waals surface area contributed by atoms with Crippen molar-refractivity contribution in [3.63, 3.8) is 0 Å². The van der Waals surface area contributed by atoms with Crippen LogP contribution in [0.1, 0.15) is 31.2 Å². The maximum Gasteiger partial charge on any atom is 0.224 e. The minimum Gasteiger partial charge on any atom is -0.355 e. The largest absolute Gasteiger partial charge is 0.355 e. The number of aryl methyl sites for hydroxylation is 2. The quantitative estimate of drug-likeness (QED) is 0.897. The Morgan fingerprint density at radius 1 is 1.52 bits per heavy atom. The fraction of sp³-hybridized carbons (Fsp3) is 0.750. The van der Waals surface area contributed by atoms with Crippen molar-refractivity contribution in [2.75, 3.05) is 26.7 Å². The number of likely N-dealkylation sites (tertiary alicyclic amines) is 1. The molecule has 5 nitrogen and oxygen atoms in total. The summed E-state index contributed by atoms with van der Waals surface area (Å²) in [5.41, 5.74) is 2.23. The van der Waals surface area contributed by atoms with Gasteiger partial charge in [0.2, 0.25) is 5.91 Å². The van der Waals surface area contributed by atoms with Crippen LogP contribution in [0.4, 0.5) is 0 Å². The van der Waals surface area contributed by atoms with Crippen LogP contribution in [0.15, 0.2) is 6.07 Å². The first-order valence-corrected chi connectivity index (χ1v) is 7.93. The van der Waals surface area contributed by atoms with Gasteiger partial charge in [0.05, 0.1) is 11.6 Å². The molecule has 1 aliphatic heterocycles. The first-order chi connectivity index (χ1) is 9.95. The molecule has 0 aromatic carbocycles. The number of hydrogen-bond acceptors (Lipinski definition) is 3. The summed E-state index contributed by atoms with van der Waals surface area (Å²) in [4.78, 5) is 14.5. The van der Waals surface area contributed by atoms with Crippen LogP contribution >= 0.6 is 0 Å². The van der Waals surface area contributed by atoms with Crippen molar-refractivity contribution >= 4 is 5.91 Å². The Balaban J connectivity index is 1.77. The molecule has 1 amide bonds. The zero-order chi connectivity index (χ0) is 15.4. The maximum atomic E-state index is 12.2. The lowest BCUT2D eigenvalue weighted by molar-refractivity contribution is -0.126.